The molecule has 3 nitrogen and oxygen atoms in total. The van der Waals surface area contributed by atoms with Crippen molar-refractivity contribution in [2.75, 3.05) is 11.9 Å². The van der Waals surface area contributed by atoms with Gasteiger partial charge in [0, 0.05) is 13.6 Å². The highest BCUT2D eigenvalue weighted by Gasteiger charge is 2.06. The second-order valence-corrected chi connectivity index (χ2v) is 3.10. The molecular formula is C9H17N3. The second-order valence-electron chi connectivity index (χ2n) is 3.10. The molecule has 12 heavy (non-hydrogen) atoms. The van der Waals surface area contributed by atoms with Gasteiger partial charge in [-0.15, -0.1) is 0 Å². The van der Waals surface area contributed by atoms with Crippen molar-refractivity contribution in [2.45, 2.75) is 27.2 Å². The van der Waals surface area contributed by atoms with Crippen LogP contribution < -0.4 is 5.32 Å². The summed E-state index contributed by atoms with van der Waals surface area (Å²) in [6.45, 7) is 7.30. The van der Waals surface area contributed by atoms with Crippen molar-refractivity contribution in [3.05, 3.63) is 11.4 Å². The lowest BCUT2D eigenvalue weighted by molar-refractivity contribution is 0.731. The lowest BCUT2D eigenvalue weighted by atomic mass is 10.3. The van der Waals surface area contributed by atoms with Gasteiger partial charge in [0.2, 0.25) is 0 Å². The molecule has 0 atom stereocenters. The fourth-order valence-corrected chi connectivity index (χ4v) is 1.28. The SMILES string of the molecule is CCCNc1c(C)nn(C)c1C. The highest BCUT2D eigenvalue weighted by atomic mass is 15.3. The number of aryl methyl sites for hydroxylation is 2. The standard InChI is InChI=1S/C9H17N3/c1-5-6-10-9-7(2)11-12(4)8(9)3/h10H,5-6H2,1-4H3. The molecule has 0 bridgehead atoms. The van der Waals surface area contributed by atoms with E-state index in [0.717, 1.165) is 18.7 Å². The summed E-state index contributed by atoms with van der Waals surface area (Å²) in [6.07, 6.45) is 1.15. The molecule has 0 aliphatic carbocycles. The first-order chi connectivity index (χ1) is 5.66. The Labute approximate surface area is 73.8 Å². The van der Waals surface area contributed by atoms with Crippen LogP contribution in [0.2, 0.25) is 0 Å². The van der Waals surface area contributed by atoms with Gasteiger partial charge >= 0.3 is 0 Å². The van der Waals surface area contributed by atoms with Gasteiger partial charge in [-0.3, -0.25) is 4.68 Å². The molecule has 1 aromatic rings. The van der Waals surface area contributed by atoms with Gasteiger partial charge in [-0.1, -0.05) is 6.92 Å². The fraction of sp³-hybridized carbons (Fsp3) is 0.667. The maximum atomic E-state index is 4.32. The van der Waals surface area contributed by atoms with E-state index in [9.17, 15) is 0 Å². The van der Waals surface area contributed by atoms with Crippen LogP contribution in [0.5, 0.6) is 0 Å². The molecule has 1 aromatic heterocycles. The smallest absolute Gasteiger partial charge is 0.0827 e. The molecule has 0 saturated heterocycles. The van der Waals surface area contributed by atoms with E-state index in [2.05, 4.69) is 24.3 Å². The first kappa shape index (κ1) is 9.10. The van der Waals surface area contributed by atoms with Crippen LogP contribution in [-0.2, 0) is 7.05 Å². The maximum Gasteiger partial charge on any atom is 0.0827 e. The molecule has 0 saturated carbocycles. The monoisotopic (exact) mass is 167 g/mol. The summed E-state index contributed by atoms with van der Waals surface area (Å²) in [7, 11) is 1.97. The van der Waals surface area contributed by atoms with E-state index in [-0.39, 0.29) is 0 Å². The summed E-state index contributed by atoms with van der Waals surface area (Å²) in [5.41, 5.74) is 3.49. The van der Waals surface area contributed by atoms with Gasteiger partial charge in [-0.2, -0.15) is 5.10 Å². The predicted molar refractivity (Wildman–Crippen MR) is 51.5 cm³/mol. The van der Waals surface area contributed by atoms with Gasteiger partial charge in [0.25, 0.3) is 0 Å². The summed E-state index contributed by atoms with van der Waals surface area (Å²) in [6, 6.07) is 0. The van der Waals surface area contributed by atoms with Crippen LogP contribution in [0.15, 0.2) is 0 Å². The third-order valence-electron chi connectivity index (χ3n) is 2.06. The lowest BCUT2D eigenvalue weighted by Gasteiger charge is -2.03. The molecule has 0 amide bonds. The minimum Gasteiger partial charge on any atom is -0.382 e. The van der Waals surface area contributed by atoms with Crippen molar-refractivity contribution >= 4 is 5.69 Å². The molecule has 0 aliphatic rings. The largest absolute Gasteiger partial charge is 0.382 e. The maximum absolute atomic E-state index is 4.32. The molecule has 0 unspecified atom stereocenters. The summed E-state index contributed by atoms with van der Waals surface area (Å²) in [5.74, 6) is 0. The third-order valence-corrected chi connectivity index (χ3v) is 2.06. The Kier molecular flexibility index (Phi) is 2.74. The Morgan fingerprint density at radius 3 is 2.50 bits per heavy atom. The van der Waals surface area contributed by atoms with Crippen LogP contribution in [0.4, 0.5) is 5.69 Å². The van der Waals surface area contributed by atoms with E-state index < -0.39 is 0 Å². The molecule has 68 valence electrons. The van der Waals surface area contributed by atoms with Gasteiger partial charge in [0.1, 0.15) is 0 Å². The Balaban J connectivity index is 2.82. The quantitative estimate of drug-likeness (QED) is 0.744. The first-order valence-corrected chi connectivity index (χ1v) is 4.41. The third kappa shape index (κ3) is 1.60. The second kappa shape index (κ2) is 3.61. The summed E-state index contributed by atoms with van der Waals surface area (Å²) < 4.78 is 1.91. The number of hydrogen-bond acceptors (Lipinski definition) is 2. The zero-order valence-electron chi connectivity index (χ0n) is 8.31. The molecule has 0 aromatic carbocycles. The van der Waals surface area contributed by atoms with Crippen molar-refractivity contribution in [3.8, 4) is 0 Å². The van der Waals surface area contributed by atoms with E-state index in [1.54, 1.807) is 0 Å². The van der Waals surface area contributed by atoms with Crippen LogP contribution in [-0.4, -0.2) is 16.3 Å². The van der Waals surface area contributed by atoms with E-state index in [4.69, 9.17) is 0 Å². The van der Waals surface area contributed by atoms with E-state index in [1.807, 2.05) is 18.7 Å². The number of aromatic nitrogens is 2. The molecule has 1 heterocycles. The number of hydrogen-bond donors (Lipinski definition) is 1. The Hall–Kier alpha value is -0.990. The summed E-state index contributed by atoms with van der Waals surface area (Å²) >= 11 is 0. The molecule has 1 rings (SSSR count). The van der Waals surface area contributed by atoms with E-state index in [1.165, 1.54) is 11.4 Å². The van der Waals surface area contributed by atoms with E-state index >= 15 is 0 Å². The van der Waals surface area contributed by atoms with Crippen LogP contribution in [0.3, 0.4) is 0 Å². The molecule has 0 fully saturated rings. The molecule has 0 radical (unpaired) electrons. The molecule has 1 N–H and O–H groups in total. The summed E-state index contributed by atoms with van der Waals surface area (Å²) in [4.78, 5) is 0. The van der Waals surface area contributed by atoms with Gasteiger partial charge in [0.05, 0.1) is 17.1 Å². The van der Waals surface area contributed by atoms with Gasteiger partial charge in [-0.05, 0) is 20.3 Å². The number of rotatable bonds is 3. The van der Waals surface area contributed by atoms with Crippen LogP contribution in [0, 0.1) is 13.8 Å². The minimum absolute atomic E-state index is 1.02. The van der Waals surface area contributed by atoms with Crippen molar-refractivity contribution in [2.24, 2.45) is 7.05 Å². The lowest BCUT2D eigenvalue weighted by Crippen LogP contribution is -2.01. The topological polar surface area (TPSA) is 29.9 Å². The van der Waals surface area contributed by atoms with Crippen molar-refractivity contribution in [1.29, 1.82) is 0 Å². The zero-order chi connectivity index (χ0) is 9.14. The fourth-order valence-electron chi connectivity index (χ4n) is 1.28. The molecule has 3 heteroatoms. The van der Waals surface area contributed by atoms with Crippen LogP contribution in [0.1, 0.15) is 24.7 Å². The highest BCUT2D eigenvalue weighted by Crippen LogP contribution is 2.17. The normalized spacial score (nSPS) is 10.3. The number of nitrogens with one attached hydrogen (secondary N) is 1. The van der Waals surface area contributed by atoms with Gasteiger partial charge in [-0.25, -0.2) is 0 Å². The molecule has 0 spiro atoms. The Morgan fingerprint density at radius 2 is 2.08 bits per heavy atom. The Morgan fingerprint density at radius 1 is 1.42 bits per heavy atom. The molecule has 0 aliphatic heterocycles. The van der Waals surface area contributed by atoms with Gasteiger partial charge < -0.3 is 5.32 Å². The number of nitrogens with zero attached hydrogens (tertiary/aromatic N) is 2. The van der Waals surface area contributed by atoms with Crippen molar-refractivity contribution in [3.63, 3.8) is 0 Å². The van der Waals surface area contributed by atoms with Crippen molar-refractivity contribution in [1.82, 2.24) is 9.78 Å². The predicted octanol–water partition coefficient (Wildman–Crippen LogP) is 1.86. The van der Waals surface area contributed by atoms with Crippen LogP contribution >= 0.6 is 0 Å². The first-order valence-electron chi connectivity index (χ1n) is 4.41. The zero-order valence-corrected chi connectivity index (χ0v) is 8.31. The summed E-state index contributed by atoms with van der Waals surface area (Å²) in [5, 5.41) is 7.69. The van der Waals surface area contributed by atoms with Gasteiger partial charge in [0.15, 0.2) is 0 Å². The number of anilines is 1. The Bertz CT molecular complexity index is 263. The van der Waals surface area contributed by atoms with Crippen molar-refractivity contribution < 1.29 is 0 Å². The molecular weight excluding hydrogens is 150 g/mol. The van der Waals surface area contributed by atoms with E-state index in [0.29, 0.717) is 0 Å². The average Bonchev–Trinajstić information content (AvgIpc) is 2.25. The minimum atomic E-state index is 1.02. The van der Waals surface area contributed by atoms with Crippen LogP contribution in [0.25, 0.3) is 0 Å². The highest BCUT2D eigenvalue weighted by molar-refractivity contribution is 5.51. The average molecular weight is 167 g/mol.